The zero-order valence-electron chi connectivity index (χ0n) is 12.7. The molecule has 1 unspecified atom stereocenters. The van der Waals surface area contributed by atoms with E-state index in [-0.39, 0.29) is 12.6 Å². The number of aryl methyl sites for hydroxylation is 1. The van der Waals surface area contributed by atoms with Crippen LogP contribution in [0.3, 0.4) is 0 Å². The summed E-state index contributed by atoms with van der Waals surface area (Å²) in [5.74, 6) is 2.63. The van der Waals surface area contributed by atoms with Gasteiger partial charge in [0, 0.05) is 25.6 Å². The third-order valence-corrected chi connectivity index (χ3v) is 3.28. The minimum absolute atomic E-state index is 0.0392. The predicted octanol–water partition coefficient (Wildman–Crippen LogP) is 1.99. The van der Waals surface area contributed by atoms with Gasteiger partial charge < -0.3 is 15.3 Å². The molecule has 108 valence electrons. The lowest BCUT2D eigenvalue weighted by atomic mass is 10.2. The topological polar surface area (TPSA) is 61.3 Å². The highest BCUT2D eigenvalue weighted by atomic mass is 16.3. The summed E-state index contributed by atoms with van der Waals surface area (Å²) in [5, 5.41) is 12.6. The van der Waals surface area contributed by atoms with Gasteiger partial charge in [0.25, 0.3) is 0 Å². The van der Waals surface area contributed by atoms with Crippen LogP contribution in [0.4, 0.5) is 11.6 Å². The minimum atomic E-state index is 0.0392. The molecule has 0 fully saturated rings. The van der Waals surface area contributed by atoms with Crippen LogP contribution in [0.5, 0.6) is 0 Å². The van der Waals surface area contributed by atoms with Gasteiger partial charge in [-0.05, 0) is 20.3 Å². The number of likely N-dealkylation sites (N-methyl/N-ethyl adjacent to an activating group) is 1. The zero-order valence-corrected chi connectivity index (χ0v) is 12.7. The van der Waals surface area contributed by atoms with E-state index in [1.807, 2.05) is 32.7 Å². The second kappa shape index (κ2) is 7.28. The summed E-state index contributed by atoms with van der Waals surface area (Å²) in [7, 11) is 1.96. The van der Waals surface area contributed by atoms with Gasteiger partial charge in [0.05, 0.1) is 12.6 Å². The maximum atomic E-state index is 9.29. The number of hydrogen-bond donors (Lipinski definition) is 2. The Morgan fingerprint density at radius 1 is 1.32 bits per heavy atom. The van der Waals surface area contributed by atoms with E-state index in [4.69, 9.17) is 0 Å². The second-order valence-corrected chi connectivity index (χ2v) is 4.86. The molecule has 0 bridgehead atoms. The normalized spacial score (nSPS) is 12.3. The maximum absolute atomic E-state index is 9.29. The van der Waals surface area contributed by atoms with Crippen molar-refractivity contribution in [3.05, 3.63) is 11.4 Å². The van der Waals surface area contributed by atoms with Crippen molar-refractivity contribution in [2.75, 3.05) is 30.4 Å². The summed E-state index contributed by atoms with van der Waals surface area (Å²) >= 11 is 0. The van der Waals surface area contributed by atoms with Crippen molar-refractivity contribution in [2.45, 2.75) is 46.6 Å². The van der Waals surface area contributed by atoms with E-state index < -0.39 is 0 Å². The molecule has 0 aliphatic rings. The Labute approximate surface area is 116 Å². The highest BCUT2D eigenvalue weighted by Gasteiger charge is 2.17. The number of rotatable bonds is 7. The minimum Gasteiger partial charge on any atom is -0.394 e. The molecule has 0 saturated carbocycles. The third kappa shape index (κ3) is 3.80. The van der Waals surface area contributed by atoms with Crippen molar-refractivity contribution < 1.29 is 5.11 Å². The summed E-state index contributed by atoms with van der Waals surface area (Å²) in [6.45, 7) is 9.19. The van der Waals surface area contributed by atoms with E-state index in [1.54, 1.807) is 0 Å². The Morgan fingerprint density at radius 3 is 2.53 bits per heavy atom. The smallest absolute Gasteiger partial charge is 0.137 e. The van der Waals surface area contributed by atoms with E-state index in [1.165, 1.54) is 0 Å². The Kier molecular flexibility index (Phi) is 6.02. The molecular formula is C14H26N4O. The highest BCUT2D eigenvalue weighted by Crippen LogP contribution is 2.24. The van der Waals surface area contributed by atoms with E-state index >= 15 is 0 Å². The average Bonchev–Trinajstić information content (AvgIpc) is 2.44. The van der Waals surface area contributed by atoms with Crippen LogP contribution in [-0.2, 0) is 6.42 Å². The lowest BCUT2D eigenvalue weighted by Crippen LogP contribution is -2.33. The van der Waals surface area contributed by atoms with Crippen LogP contribution < -0.4 is 10.2 Å². The average molecular weight is 266 g/mol. The summed E-state index contributed by atoms with van der Waals surface area (Å²) in [5.41, 5.74) is 1.04. The first-order chi connectivity index (χ1) is 9.04. The van der Waals surface area contributed by atoms with Gasteiger partial charge >= 0.3 is 0 Å². The zero-order chi connectivity index (χ0) is 14.4. The predicted molar refractivity (Wildman–Crippen MR) is 79.9 cm³/mol. The summed E-state index contributed by atoms with van der Waals surface area (Å²) in [4.78, 5) is 11.1. The van der Waals surface area contributed by atoms with Crippen LogP contribution >= 0.6 is 0 Å². The number of hydrogen-bond acceptors (Lipinski definition) is 5. The summed E-state index contributed by atoms with van der Waals surface area (Å²) < 4.78 is 0. The highest BCUT2D eigenvalue weighted by molar-refractivity contribution is 5.58. The fraction of sp³-hybridized carbons (Fsp3) is 0.714. The molecule has 1 heterocycles. The van der Waals surface area contributed by atoms with Crippen LogP contribution in [0.25, 0.3) is 0 Å². The van der Waals surface area contributed by atoms with Crippen molar-refractivity contribution in [1.82, 2.24) is 9.97 Å². The molecule has 1 aromatic rings. The van der Waals surface area contributed by atoms with E-state index in [9.17, 15) is 5.11 Å². The monoisotopic (exact) mass is 266 g/mol. The number of aliphatic hydroxyl groups is 1. The van der Waals surface area contributed by atoms with Crippen molar-refractivity contribution in [1.29, 1.82) is 0 Å². The Balaban J connectivity index is 3.14. The molecule has 1 atom stereocenters. The number of nitrogens with one attached hydrogen (secondary N) is 1. The third-order valence-electron chi connectivity index (χ3n) is 3.28. The van der Waals surface area contributed by atoms with Crippen molar-refractivity contribution >= 4 is 11.6 Å². The van der Waals surface area contributed by atoms with Crippen molar-refractivity contribution in [2.24, 2.45) is 0 Å². The molecule has 19 heavy (non-hydrogen) atoms. The molecule has 1 rings (SSSR count). The van der Waals surface area contributed by atoms with Crippen LogP contribution in [-0.4, -0.2) is 41.3 Å². The summed E-state index contributed by atoms with van der Waals surface area (Å²) in [6, 6.07) is 0.0392. The van der Waals surface area contributed by atoms with Crippen LogP contribution in [0.15, 0.2) is 0 Å². The molecule has 2 N–H and O–H groups in total. The Hall–Kier alpha value is -1.36. The number of nitrogens with zero attached hydrogens (tertiary/aromatic N) is 3. The van der Waals surface area contributed by atoms with E-state index in [0.29, 0.717) is 0 Å². The van der Waals surface area contributed by atoms with Gasteiger partial charge in [-0.15, -0.1) is 0 Å². The number of aromatic nitrogens is 2. The quantitative estimate of drug-likeness (QED) is 0.790. The number of aliphatic hydroxyl groups excluding tert-OH is 1. The maximum Gasteiger partial charge on any atom is 0.137 e. The molecule has 0 amide bonds. The number of anilines is 2. The standard InChI is InChI=1S/C14H26N4O/c1-6-8-15-13-11(4)14(17-12(7-2)16-13)18(5)10(3)9-19/h10,19H,6-9H2,1-5H3,(H,15,16,17). The molecule has 1 aromatic heterocycles. The summed E-state index contributed by atoms with van der Waals surface area (Å²) in [6.07, 6.45) is 1.86. The molecule has 0 spiro atoms. The van der Waals surface area contributed by atoms with Gasteiger partial charge in [-0.25, -0.2) is 9.97 Å². The van der Waals surface area contributed by atoms with E-state index in [2.05, 4.69) is 22.2 Å². The molecule has 0 aromatic carbocycles. The molecule has 0 saturated heterocycles. The van der Waals surface area contributed by atoms with Crippen LogP contribution in [0.2, 0.25) is 0 Å². The fourth-order valence-corrected chi connectivity index (χ4v) is 1.80. The Morgan fingerprint density at radius 2 is 2.00 bits per heavy atom. The SMILES string of the molecule is CCCNc1nc(CC)nc(N(C)C(C)CO)c1C. The van der Waals surface area contributed by atoms with Crippen LogP contribution in [0, 0.1) is 6.92 Å². The van der Waals surface area contributed by atoms with Gasteiger partial charge in [0.1, 0.15) is 17.5 Å². The molecule has 0 aliphatic carbocycles. The molecule has 5 heteroatoms. The molecule has 5 nitrogen and oxygen atoms in total. The van der Waals surface area contributed by atoms with Gasteiger partial charge in [0.2, 0.25) is 0 Å². The molecule has 0 radical (unpaired) electrons. The van der Waals surface area contributed by atoms with Crippen LogP contribution in [0.1, 0.15) is 38.6 Å². The largest absolute Gasteiger partial charge is 0.394 e. The lowest BCUT2D eigenvalue weighted by Gasteiger charge is -2.27. The fourth-order valence-electron chi connectivity index (χ4n) is 1.80. The lowest BCUT2D eigenvalue weighted by molar-refractivity contribution is 0.269. The first-order valence-electron chi connectivity index (χ1n) is 7.00. The van der Waals surface area contributed by atoms with Crippen molar-refractivity contribution in [3.63, 3.8) is 0 Å². The second-order valence-electron chi connectivity index (χ2n) is 4.86. The van der Waals surface area contributed by atoms with Gasteiger partial charge in [-0.1, -0.05) is 13.8 Å². The van der Waals surface area contributed by atoms with Gasteiger partial charge in [-0.3, -0.25) is 0 Å². The van der Waals surface area contributed by atoms with Gasteiger partial charge in [-0.2, -0.15) is 0 Å². The first-order valence-corrected chi connectivity index (χ1v) is 7.00. The van der Waals surface area contributed by atoms with Gasteiger partial charge in [0.15, 0.2) is 0 Å². The Bertz CT molecular complexity index is 409. The molecular weight excluding hydrogens is 240 g/mol. The van der Waals surface area contributed by atoms with Crippen molar-refractivity contribution in [3.8, 4) is 0 Å². The van der Waals surface area contributed by atoms with E-state index in [0.717, 1.165) is 42.4 Å². The first kappa shape index (κ1) is 15.7. The molecule has 0 aliphatic heterocycles.